The normalized spacial score (nSPS) is 16.1. The number of aliphatic hydroxyl groups is 1. The predicted molar refractivity (Wildman–Crippen MR) is 163 cm³/mol. The fourth-order valence-corrected chi connectivity index (χ4v) is 6.09. The van der Waals surface area contributed by atoms with Crippen molar-refractivity contribution in [2.75, 3.05) is 24.6 Å². The molecule has 1 aliphatic heterocycles. The molecule has 5 rings (SSSR count). The van der Waals surface area contributed by atoms with Gasteiger partial charge in [0, 0.05) is 47.8 Å². The summed E-state index contributed by atoms with van der Waals surface area (Å²) in [6, 6.07) is 6.31. The van der Waals surface area contributed by atoms with Crippen LogP contribution in [0.25, 0.3) is 10.9 Å². The van der Waals surface area contributed by atoms with E-state index in [4.69, 9.17) is 34.8 Å². The van der Waals surface area contributed by atoms with Crippen LogP contribution in [0.3, 0.4) is 0 Å². The lowest BCUT2D eigenvalue weighted by atomic mass is 9.93. The van der Waals surface area contributed by atoms with Gasteiger partial charge in [-0.25, -0.2) is 4.39 Å². The van der Waals surface area contributed by atoms with Crippen LogP contribution in [0.15, 0.2) is 35.3 Å². The smallest absolute Gasteiger partial charge is 0.257 e. The molecule has 0 bridgehead atoms. The number of hydrogen-bond acceptors (Lipinski definition) is 5. The molecule has 0 spiro atoms. The molecular weight excluding hydrogens is 606 g/mol. The van der Waals surface area contributed by atoms with Gasteiger partial charge in [0.15, 0.2) is 5.82 Å². The quantitative estimate of drug-likeness (QED) is 0.304. The molecule has 2 aliphatic rings. The zero-order valence-electron chi connectivity index (χ0n) is 23.3. The first kappa shape index (κ1) is 30.6. The van der Waals surface area contributed by atoms with Gasteiger partial charge < -0.3 is 25.2 Å². The van der Waals surface area contributed by atoms with Gasteiger partial charge in [-0.05, 0) is 63.3 Å². The molecule has 42 heavy (non-hydrogen) atoms. The summed E-state index contributed by atoms with van der Waals surface area (Å²) in [5.74, 6) is -1.65. The van der Waals surface area contributed by atoms with E-state index in [9.17, 15) is 19.5 Å². The Balaban J connectivity index is 1.42. The summed E-state index contributed by atoms with van der Waals surface area (Å²) in [4.78, 5) is 41.2. The van der Waals surface area contributed by atoms with Crippen molar-refractivity contribution in [3.63, 3.8) is 0 Å². The summed E-state index contributed by atoms with van der Waals surface area (Å²) >= 11 is 18.8. The summed E-state index contributed by atoms with van der Waals surface area (Å²) in [6.45, 7) is 4.16. The van der Waals surface area contributed by atoms with Gasteiger partial charge in [0.25, 0.3) is 5.91 Å². The van der Waals surface area contributed by atoms with E-state index >= 15 is 4.39 Å². The second-order valence-electron chi connectivity index (χ2n) is 11.6. The molecule has 224 valence electrons. The van der Waals surface area contributed by atoms with Crippen LogP contribution in [-0.2, 0) is 11.3 Å². The molecule has 1 saturated heterocycles. The summed E-state index contributed by atoms with van der Waals surface area (Å²) < 4.78 is 18.0. The highest BCUT2D eigenvalue weighted by Crippen LogP contribution is 2.41. The Morgan fingerprint density at radius 3 is 2.38 bits per heavy atom. The van der Waals surface area contributed by atoms with Gasteiger partial charge >= 0.3 is 0 Å². The Bertz CT molecular complexity index is 1610. The molecule has 2 aromatic carbocycles. The fourth-order valence-electron chi connectivity index (χ4n) is 5.30. The van der Waals surface area contributed by atoms with Gasteiger partial charge in [-0.15, -0.1) is 0 Å². The molecule has 1 aromatic heterocycles. The van der Waals surface area contributed by atoms with Crippen LogP contribution in [0.1, 0.15) is 61.5 Å². The third-order valence-electron chi connectivity index (χ3n) is 7.86. The van der Waals surface area contributed by atoms with Crippen molar-refractivity contribution in [3.05, 3.63) is 72.7 Å². The number of carbonyl (C=O) groups is 2. The molecular formula is C30H32Cl3FN4O4. The lowest BCUT2D eigenvalue weighted by Crippen LogP contribution is -2.50. The topological polar surface area (TPSA) is 104 Å². The Morgan fingerprint density at radius 1 is 1.07 bits per heavy atom. The zero-order valence-corrected chi connectivity index (χ0v) is 25.5. The number of fused-ring (bicyclic) bond motifs is 1. The third-order valence-corrected chi connectivity index (χ3v) is 8.74. The van der Waals surface area contributed by atoms with Crippen LogP contribution >= 0.6 is 34.8 Å². The van der Waals surface area contributed by atoms with Crippen LogP contribution in [-0.4, -0.2) is 46.7 Å². The van der Waals surface area contributed by atoms with E-state index < -0.39 is 22.7 Å². The number of piperidine rings is 1. The molecule has 8 nitrogen and oxygen atoms in total. The Labute approximate surface area is 257 Å². The van der Waals surface area contributed by atoms with Crippen LogP contribution in [0.5, 0.6) is 0 Å². The van der Waals surface area contributed by atoms with Gasteiger partial charge in [-0.3, -0.25) is 14.4 Å². The number of amides is 2. The number of aliphatic hydroxyl groups excluding tert-OH is 1. The number of pyridine rings is 1. The molecule has 2 amide bonds. The van der Waals surface area contributed by atoms with Crippen molar-refractivity contribution in [3.8, 4) is 0 Å². The van der Waals surface area contributed by atoms with Crippen molar-refractivity contribution < 1.29 is 19.1 Å². The number of rotatable bonds is 8. The van der Waals surface area contributed by atoms with E-state index in [2.05, 4.69) is 10.6 Å². The van der Waals surface area contributed by atoms with E-state index in [1.54, 1.807) is 41.5 Å². The number of halogens is 4. The highest BCUT2D eigenvalue weighted by atomic mass is 35.5. The molecule has 2 fully saturated rings. The van der Waals surface area contributed by atoms with E-state index in [-0.39, 0.29) is 58.2 Å². The Morgan fingerprint density at radius 2 is 1.76 bits per heavy atom. The standard InChI is InChI=1S/C30H32Cl3FN4O4/c1-30(2,15-39)36-28(41)16-7-9-37(10-8-16)26-23(33)12-20-25(24(26)34)38(19-5-6-19)14-21(27(20)40)29(42)35-13-17-3-4-18(31)11-22(17)32/h3-4,11-12,14,16,19,39H,5-10,13,15H2,1-2H3,(H,35,42)(H,36,41). The fraction of sp³-hybridized carbons (Fsp3) is 0.433. The second-order valence-corrected chi connectivity index (χ2v) is 12.9. The first-order valence-corrected chi connectivity index (χ1v) is 15.0. The first-order valence-electron chi connectivity index (χ1n) is 13.9. The van der Waals surface area contributed by atoms with Crippen molar-refractivity contribution in [2.24, 2.45) is 5.92 Å². The maximum atomic E-state index is 16.3. The maximum absolute atomic E-state index is 16.3. The lowest BCUT2D eigenvalue weighted by molar-refractivity contribution is -0.127. The number of anilines is 1. The van der Waals surface area contributed by atoms with Gasteiger partial charge in [-0.1, -0.05) is 40.9 Å². The summed E-state index contributed by atoms with van der Waals surface area (Å²) in [5, 5.41) is 16.0. The van der Waals surface area contributed by atoms with E-state index in [0.29, 0.717) is 41.5 Å². The minimum atomic E-state index is -0.729. The summed E-state index contributed by atoms with van der Waals surface area (Å²) in [5.41, 5.74) is -0.524. The van der Waals surface area contributed by atoms with Crippen LogP contribution in [0.4, 0.5) is 10.1 Å². The minimum Gasteiger partial charge on any atom is -0.394 e. The molecule has 0 unspecified atom stereocenters. The maximum Gasteiger partial charge on any atom is 0.257 e. The predicted octanol–water partition coefficient (Wildman–Crippen LogP) is 5.47. The van der Waals surface area contributed by atoms with Crippen molar-refractivity contribution >= 4 is 63.2 Å². The number of aromatic nitrogens is 1. The monoisotopic (exact) mass is 636 g/mol. The molecule has 12 heteroatoms. The lowest BCUT2D eigenvalue weighted by Gasteiger charge is -2.35. The number of carbonyl (C=O) groups excluding carboxylic acids is 2. The van der Waals surface area contributed by atoms with Crippen LogP contribution < -0.4 is 21.0 Å². The van der Waals surface area contributed by atoms with E-state index in [1.807, 2.05) is 0 Å². The molecule has 3 aromatic rings. The zero-order chi connectivity index (χ0) is 30.3. The van der Waals surface area contributed by atoms with E-state index in [0.717, 1.165) is 12.8 Å². The van der Waals surface area contributed by atoms with E-state index in [1.165, 1.54) is 12.3 Å². The highest BCUT2D eigenvalue weighted by Gasteiger charge is 2.33. The SMILES string of the molecule is CC(C)(CO)NC(=O)C1CCN(c2c(Cl)cc3c(=O)c(C(=O)NCc4ccc(Cl)cc4Cl)cn(C4CC4)c3c2F)CC1. The molecule has 1 aliphatic carbocycles. The van der Waals surface area contributed by atoms with Crippen LogP contribution in [0, 0.1) is 11.7 Å². The average molecular weight is 638 g/mol. The van der Waals surface area contributed by atoms with Crippen molar-refractivity contribution in [2.45, 2.75) is 57.7 Å². The Kier molecular flexibility index (Phi) is 8.77. The third kappa shape index (κ3) is 6.25. The Hall–Kier alpha value is -2.85. The van der Waals surface area contributed by atoms with Gasteiger partial charge in [-0.2, -0.15) is 0 Å². The number of nitrogens with zero attached hydrogens (tertiary/aromatic N) is 2. The molecule has 0 atom stereocenters. The molecule has 2 heterocycles. The largest absolute Gasteiger partial charge is 0.394 e. The van der Waals surface area contributed by atoms with Gasteiger partial charge in [0.1, 0.15) is 5.56 Å². The van der Waals surface area contributed by atoms with Gasteiger partial charge in [0.2, 0.25) is 11.3 Å². The summed E-state index contributed by atoms with van der Waals surface area (Å²) in [7, 11) is 0. The second kappa shape index (κ2) is 12.0. The summed E-state index contributed by atoms with van der Waals surface area (Å²) in [6.07, 6.45) is 3.98. The average Bonchev–Trinajstić information content (AvgIpc) is 3.79. The van der Waals surface area contributed by atoms with Crippen molar-refractivity contribution in [1.82, 2.24) is 15.2 Å². The molecule has 0 radical (unpaired) electrons. The first-order chi connectivity index (χ1) is 19.9. The number of hydrogen-bond donors (Lipinski definition) is 3. The van der Waals surface area contributed by atoms with Crippen molar-refractivity contribution in [1.29, 1.82) is 0 Å². The number of nitrogens with one attached hydrogen (secondary N) is 2. The molecule has 3 N–H and O–H groups in total. The van der Waals surface area contributed by atoms with Crippen LogP contribution in [0.2, 0.25) is 15.1 Å². The molecule has 1 saturated carbocycles. The number of benzene rings is 2. The van der Waals surface area contributed by atoms with Gasteiger partial charge in [0.05, 0.1) is 33.8 Å². The minimum absolute atomic E-state index is 0.0332. The highest BCUT2D eigenvalue weighted by molar-refractivity contribution is 6.35.